The van der Waals surface area contributed by atoms with Crippen LogP contribution in [0.1, 0.15) is 11.9 Å². The molecule has 1 aromatic carbocycles. The van der Waals surface area contributed by atoms with Crippen molar-refractivity contribution in [3.05, 3.63) is 35.9 Å². The Bertz CT molecular complexity index is 453. The molecule has 0 saturated carbocycles. The van der Waals surface area contributed by atoms with Gasteiger partial charge >= 0.3 is 0 Å². The average Bonchev–Trinajstić information content (AvgIpc) is 2.54. The number of fused-ring (bicyclic) bond motifs is 1. The lowest BCUT2D eigenvalue weighted by molar-refractivity contribution is -0.360. The van der Waals surface area contributed by atoms with E-state index in [-0.39, 0.29) is 6.10 Å². The summed E-state index contributed by atoms with van der Waals surface area (Å²) in [6.45, 7) is 0.358. The molecular weight excluding hydrogens is 276 g/mol. The van der Waals surface area contributed by atoms with Crippen molar-refractivity contribution in [1.29, 1.82) is 0 Å². The second-order valence-corrected chi connectivity index (χ2v) is 5.15. The van der Waals surface area contributed by atoms with Crippen molar-refractivity contribution in [1.82, 2.24) is 0 Å². The van der Waals surface area contributed by atoms with Crippen molar-refractivity contribution < 1.29 is 28.8 Å². The molecule has 0 spiro atoms. The summed E-state index contributed by atoms with van der Waals surface area (Å²) in [5.41, 5.74) is 0.925. The predicted molar refractivity (Wildman–Crippen MR) is 72.5 cm³/mol. The first kappa shape index (κ1) is 14.9. The molecule has 116 valence electrons. The fourth-order valence-corrected chi connectivity index (χ4v) is 2.81. The summed E-state index contributed by atoms with van der Waals surface area (Å²) in [5, 5.41) is 10.2. The Labute approximate surface area is 123 Å². The van der Waals surface area contributed by atoms with Crippen LogP contribution < -0.4 is 0 Å². The SMILES string of the molecule is CO[C@@H]1O[C@@H]2CO[C@@H](c3ccccc3)O[C@H]2[C@H](OC)[C@H]1O. The first-order valence-electron chi connectivity index (χ1n) is 6.95. The minimum atomic E-state index is -0.907. The second kappa shape index (κ2) is 6.39. The first-order valence-corrected chi connectivity index (χ1v) is 6.95. The third-order valence-corrected chi connectivity index (χ3v) is 3.88. The Morgan fingerprint density at radius 2 is 1.86 bits per heavy atom. The zero-order chi connectivity index (χ0) is 14.8. The highest BCUT2D eigenvalue weighted by atomic mass is 16.8. The lowest BCUT2D eigenvalue weighted by atomic mass is 9.97. The van der Waals surface area contributed by atoms with Crippen LogP contribution >= 0.6 is 0 Å². The van der Waals surface area contributed by atoms with Crippen LogP contribution in [0.5, 0.6) is 0 Å². The number of aliphatic hydroxyl groups is 1. The minimum Gasteiger partial charge on any atom is -0.385 e. The van der Waals surface area contributed by atoms with Gasteiger partial charge in [0.25, 0.3) is 0 Å². The van der Waals surface area contributed by atoms with Crippen LogP contribution in [0.2, 0.25) is 0 Å². The smallest absolute Gasteiger partial charge is 0.186 e. The van der Waals surface area contributed by atoms with Crippen LogP contribution in [-0.2, 0) is 23.7 Å². The van der Waals surface area contributed by atoms with Gasteiger partial charge in [0.15, 0.2) is 12.6 Å². The summed E-state index contributed by atoms with van der Waals surface area (Å²) in [4.78, 5) is 0. The van der Waals surface area contributed by atoms with Gasteiger partial charge in [-0.05, 0) is 0 Å². The van der Waals surface area contributed by atoms with Crippen molar-refractivity contribution in [3.63, 3.8) is 0 Å². The molecule has 6 nitrogen and oxygen atoms in total. The maximum absolute atomic E-state index is 10.2. The van der Waals surface area contributed by atoms with Gasteiger partial charge in [-0.15, -0.1) is 0 Å². The second-order valence-electron chi connectivity index (χ2n) is 5.15. The Kier molecular flexibility index (Phi) is 4.54. The van der Waals surface area contributed by atoms with Gasteiger partial charge in [0.05, 0.1) is 6.61 Å². The van der Waals surface area contributed by atoms with Gasteiger partial charge < -0.3 is 28.8 Å². The Balaban J connectivity index is 1.77. The Morgan fingerprint density at radius 3 is 2.52 bits per heavy atom. The van der Waals surface area contributed by atoms with Gasteiger partial charge in [-0.2, -0.15) is 0 Å². The molecule has 1 aromatic rings. The normalized spacial score (nSPS) is 39.8. The van der Waals surface area contributed by atoms with E-state index < -0.39 is 30.9 Å². The van der Waals surface area contributed by atoms with E-state index in [0.717, 1.165) is 5.56 Å². The van der Waals surface area contributed by atoms with Crippen molar-refractivity contribution in [2.24, 2.45) is 0 Å². The largest absolute Gasteiger partial charge is 0.385 e. The van der Waals surface area contributed by atoms with Crippen LogP contribution in [0.25, 0.3) is 0 Å². The van der Waals surface area contributed by atoms with Gasteiger partial charge in [0.1, 0.15) is 24.4 Å². The number of rotatable bonds is 3. The third-order valence-electron chi connectivity index (χ3n) is 3.88. The van der Waals surface area contributed by atoms with Crippen molar-refractivity contribution in [3.8, 4) is 0 Å². The molecule has 0 aromatic heterocycles. The summed E-state index contributed by atoms with van der Waals surface area (Å²) in [6.07, 6.45) is -3.39. The van der Waals surface area contributed by atoms with E-state index in [1.54, 1.807) is 7.11 Å². The molecule has 2 aliphatic rings. The number of benzene rings is 1. The molecule has 2 heterocycles. The van der Waals surface area contributed by atoms with Gasteiger partial charge in [-0.25, -0.2) is 0 Å². The molecule has 2 aliphatic heterocycles. The highest BCUT2D eigenvalue weighted by Crippen LogP contribution is 2.35. The highest BCUT2D eigenvalue weighted by Gasteiger charge is 2.49. The van der Waals surface area contributed by atoms with Gasteiger partial charge in [0.2, 0.25) is 0 Å². The van der Waals surface area contributed by atoms with Gasteiger partial charge in [-0.1, -0.05) is 30.3 Å². The summed E-state index contributed by atoms with van der Waals surface area (Å²) < 4.78 is 27.9. The number of aliphatic hydroxyl groups excluding tert-OH is 1. The summed E-state index contributed by atoms with van der Waals surface area (Å²) in [6, 6.07) is 9.66. The van der Waals surface area contributed by atoms with Crippen LogP contribution in [0.15, 0.2) is 30.3 Å². The molecule has 1 N–H and O–H groups in total. The van der Waals surface area contributed by atoms with E-state index in [1.807, 2.05) is 30.3 Å². The average molecular weight is 296 g/mol. The highest BCUT2D eigenvalue weighted by molar-refractivity contribution is 5.16. The van der Waals surface area contributed by atoms with Crippen LogP contribution in [-0.4, -0.2) is 56.6 Å². The fraction of sp³-hybridized carbons (Fsp3) is 0.600. The molecule has 0 amide bonds. The van der Waals surface area contributed by atoms with E-state index in [2.05, 4.69) is 0 Å². The van der Waals surface area contributed by atoms with E-state index in [4.69, 9.17) is 23.7 Å². The minimum absolute atomic E-state index is 0.330. The Hall–Kier alpha value is -1.02. The Morgan fingerprint density at radius 1 is 1.10 bits per heavy atom. The molecular formula is C15H20O6. The zero-order valence-corrected chi connectivity index (χ0v) is 12.0. The maximum atomic E-state index is 10.2. The third kappa shape index (κ3) is 2.83. The number of hydrogen-bond donors (Lipinski definition) is 1. The van der Waals surface area contributed by atoms with Gasteiger partial charge in [-0.3, -0.25) is 0 Å². The monoisotopic (exact) mass is 296 g/mol. The van der Waals surface area contributed by atoms with Gasteiger partial charge in [0, 0.05) is 19.8 Å². The molecule has 21 heavy (non-hydrogen) atoms. The summed E-state index contributed by atoms with van der Waals surface area (Å²) in [7, 11) is 3.03. The molecule has 2 fully saturated rings. The molecule has 0 radical (unpaired) electrons. The van der Waals surface area contributed by atoms with E-state index >= 15 is 0 Å². The standard InChI is InChI=1S/C15H20O6/c1-17-13-11(16)15(18-2)20-10-8-19-14(21-12(10)13)9-6-4-3-5-7-9/h3-7,10-16H,8H2,1-2H3/t10-,11-,12-,13-,14-,15-/m1/s1. The van der Waals surface area contributed by atoms with Crippen LogP contribution in [0.4, 0.5) is 0 Å². The molecule has 0 bridgehead atoms. The zero-order valence-electron chi connectivity index (χ0n) is 12.0. The van der Waals surface area contributed by atoms with E-state index in [0.29, 0.717) is 6.61 Å². The number of methoxy groups -OCH3 is 2. The predicted octanol–water partition coefficient (Wildman–Crippen LogP) is 0.848. The van der Waals surface area contributed by atoms with E-state index in [9.17, 15) is 5.11 Å². The molecule has 0 aliphatic carbocycles. The lowest BCUT2D eigenvalue weighted by Crippen LogP contribution is -2.62. The molecule has 3 rings (SSSR count). The van der Waals surface area contributed by atoms with Crippen molar-refractivity contribution in [2.75, 3.05) is 20.8 Å². The fourth-order valence-electron chi connectivity index (χ4n) is 2.81. The first-order chi connectivity index (χ1) is 10.2. The van der Waals surface area contributed by atoms with Crippen molar-refractivity contribution >= 4 is 0 Å². The quantitative estimate of drug-likeness (QED) is 0.892. The summed E-state index contributed by atoms with van der Waals surface area (Å²) in [5.74, 6) is 0. The lowest BCUT2D eigenvalue weighted by Gasteiger charge is -2.47. The van der Waals surface area contributed by atoms with Crippen LogP contribution in [0, 0.1) is 0 Å². The van der Waals surface area contributed by atoms with E-state index in [1.165, 1.54) is 7.11 Å². The molecule has 0 unspecified atom stereocenters. The topological polar surface area (TPSA) is 66.4 Å². The number of hydrogen-bond acceptors (Lipinski definition) is 6. The summed E-state index contributed by atoms with van der Waals surface area (Å²) >= 11 is 0. The molecule has 6 heteroatoms. The van der Waals surface area contributed by atoms with Crippen molar-refractivity contribution in [2.45, 2.75) is 37.0 Å². The molecule has 6 atom stereocenters. The number of ether oxygens (including phenoxy) is 5. The molecule has 2 saturated heterocycles. The van der Waals surface area contributed by atoms with Crippen LogP contribution in [0.3, 0.4) is 0 Å². The maximum Gasteiger partial charge on any atom is 0.186 e.